The lowest BCUT2D eigenvalue weighted by atomic mass is 9.93. The summed E-state index contributed by atoms with van der Waals surface area (Å²) in [6.45, 7) is 1.95. The Bertz CT molecular complexity index is 1600. The minimum Gasteiger partial charge on any atom is -0.351 e. The zero-order chi connectivity index (χ0) is 29.6. The van der Waals surface area contributed by atoms with Gasteiger partial charge in [-0.25, -0.2) is 23.4 Å². The average molecular weight is 578 g/mol. The number of pyridine rings is 2. The number of carbonyl (C=O) groups is 2. The number of carbonyl (C=O) groups excluding carboxylic acids is 2. The molecule has 3 N–H and O–H groups in total. The van der Waals surface area contributed by atoms with Crippen LogP contribution in [-0.2, 0) is 11.3 Å². The number of nitrogens with one attached hydrogen (secondary N) is 1. The number of aromatic nitrogens is 4. The van der Waals surface area contributed by atoms with E-state index in [1.165, 1.54) is 6.07 Å². The number of urea groups is 1. The number of piperidine rings is 1. The molecule has 220 valence electrons. The van der Waals surface area contributed by atoms with Crippen molar-refractivity contribution in [2.45, 2.75) is 50.6 Å². The van der Waals surface area contributed by atoms with Gasteiger partial charge in [0.1, 0.15) is 0 Å². The molecule has 0 unspecified atom stereocenters. The minimum absolute atomic E-state index is 0.0370. The van der Waals surface area contributed by atoms with Crippen molar-refractivity contribution in [1.29, 1.82) is 0 Å². The molecule has 0 spiro atoms. The number of imidazole rings is 1. The van der Waals surface area contributed by atoms with Crippen molar-refractivity contribution in [3.63, 3.8) is 0 Å². The Labute approximate surface area is 241 Å². The third-order valence-corrected chi connectivity index (χ3v) is 7.87. The Balaban J connectivity index is 0.000000171. The van der Waals surface area contributed by atoms with Crippen LogP contribution in [0.4, 0.5) is 13.6 Å². The summed E-state index contributed by atoms with van der Waals surface area (Å²) >= 11 is 0. The monoisotopic (exact) mass is 577 g/mol. The van der Waals surface area contributed by atoms with E-state index >= 15 is 0 Å². The van der Waals surface area contributed by atoms with Crippen LogP contribution in [0.15, 0.2) is 65.7 Å². The van der Waals surface area contributed by atoms with Gasteiger partial charge in [-0.3, -0.25) is 19.3 Å². The molecule has 1 atom stereocenters. The fourth-order valence-corrected chi connectivity index (χ4v) is 5.71. The lowest BCUT2D eigenvalue weighted by molar-refractivity contribution is -0.131. The van der Waals surface area contributed by atoms with Crippen molar-refractivity contribution in [2.24, 2.45) is 5.73 Å². The third kappa shape index (κ3) is 6.48. The summed E-state index contributed by atoms with van der Waals surface area (Å²) in [5, 5.41) is 0. The molecule has 12 heteroatoms. The molecule has 42 heavy (non-hydrogen) atoms. The van der Waals surface area contributed by atoms with Crippen LogP contribution in [0.2, 0.25) is 0 Å². The standard InChI is InChI=1S/C18H18F2N2O.C12H15N5O2/c19-16-8-4-7-15(18(16)20)13-5-3-9-17(23)22(11-13)12-14-6-1-2-10-21-14;13-11(18)16-6-3-8(4-7-16)17-9-2-1-5-14-10(9)15-12(17)19/h1-2,4,6-8,10,13H,3,5,9,11-12H2;1-2,5,8H,3-4,6-7H2,(H2,13,18)(H,14,15,19)/t13-;/m1./s1. The number of H-pyrrole nitrogens is 1. The highest BCUT2D eigenvalue weighted by molar-refractivity contribution is 5.76. The fraction of sp³-hybridized carbons (Fsp3) is 0.367. The molecule has 2 aliphatic rings. The molecule has 0 saturated carbocycles. The van der Waals surface area contributed by atoms with E-state index in [0.717, 1.165) is 30.1 Å². The molecule has 3 aromatic heterocycles. The molecule has 5 heterocycles. The van der Waals surface area contributed by atoms with E-state index in [4.69, 9.17) is 5.73 Å². The molecule has 1 aromatic carbocycles. The molecule has 2 saturated heterocycles. The molecule has 0 bridgehead atoms. The SMILES string of the molecule is NC(=O)N1CCC(n2c(=O)[nH]c3ncccc32)CC1.O=C1CCC[C@@H](c2cccc(F)c2F)CN1Cc1ccccn1. The van der Waals surface area contributed by atoms with Gasteiger partial charge in [0, 0.05) is 50.4 Å². The van der Waals surface area contributed by atoms with E-state index in [2.05, 4.69) is 15.0 Å². The predicted molar refractivity (Wildman–Crippen MR) is 152 cm³/mol. The number of benzene rings is 1. The largest absolute Gasteiger partial charge is 0.351 e. The van der Waals surface area contributed by atoms with Gasteiger partial charge in [-0.1, -0.05) is 18.2 Å². The van der Waals surface area contributed by atoms with Crippen LogP contribution in [-0.4, -0.2) is 60.9 Å². The smallest absolute Gasteiger partial charge is 0.327 e. The van der Waals surface area contributed by atoms with E-state index in [0.29, 0.717) is 56.7 Å². The second-order valence-electron chi connectivity index (χ2n) is 10.6. The molecule has 0 radical (unpaired) electrons. The second-order valence-corrected chi connectivity index (χ2v) is 10.6. The van der Waals surface area contributed by atoms with E-state index < -0.39 is 17.7 Å². The van der Waals surface area contributed by atoms with Crippen LogP contribution in [0.25, 0.3) is 11.2 Å². The Morgan fingerprint density at radius 1 is 0.976 bits per heavy atom. The van der Waals surface area contributed by atoms with Crippen molar-refractivity contribution >= 4 is 23.1 Å². The highest BCUT2D eigenvalue weighted by Crippen LogP contribution is 2.30. The predicted octanol–water partition coefficient (Wildman–Crippen LogP) is 4.10. The third-order valence-electron chi connectivity index (χ3n) is 7.87. The van der Waals surface area contributed by atoms with Crippen molar-refractivity contribution in [1.82, 2.24) is 29.3 Å². The Morgan fingerprint density at radius 2 is 1.76 bits per heavy atom. The summed E-state index contributed by atoms with van der Waals surface area (Å²) in [6, 6.07) is 13.2. The number of halogens is 2. The molecule has 2 fully saturated rings. The maximum Gasteiger partial charge on any atom is 0.327 e. The number of primary amides is 1. The van der Waals surface area contributed by atoms with Crippen LogP contribution in [0.1, 0.15) is 55.3 Å². The van der Waals surface area contributed by atoms with Crippen LogP contribution < -0.4 is 11.4 Å². The molecule has 6 rings (SSSR count). The van der Waals surface area contributed by atoms with E-state index in [1.54, 1.807) is 32.8 Å². The lowest BCUT2D eigenvalue weighted by Gasteiger charge is -2.31. The first-order chi connectivity index (χ1) is 20.3. The number of fused-ring (bicyclic) bond motifs is 1. The highest BCUT2D eigenvalue weighted by Gasteiger charge is 2.27. The number of likely N-dealkylation sites (tertiary alicyclic amines) is 2. The summed E-state index contributed by atoms with van der Waals surface area (Å²) in [4.78, 5) is 49.8. The van der Waals surface area contributed by atoms with Crippen LogP contribution in [0, 0.1) is 11.6 Å². The van der Waals surface area contributed by atoms with Crippen molar-refractivity contribution in [3.05, 3.63) is 94.3 Å². The zero-order valence-corrected chi connectivity index (χ0v) is 23.1. The van der Waals surface area contributed by atoms with Gasteiger partial charge in [-0.2, -0.15) is 0 Å². The molecule has 10 nitrogen and oxygen atoms in total. The normalized spacial score (nSPS) is 18.0. The Hall–Kier alpha value is -4.61. The zero-order valence-electron chi connectivity index (χ0n) is 23.1. The number of nitrogens with zero attached hydrogens (tertiary/aromatic N) is 5. The summed E-state index contributed by atoms with van der Waals surface area (Å²) in [6.07, 6.45) is 6.57. The van der Waals surface area contributed by atoms with Crippen LogP contribution >= 0.6 is 0 Å². The Kier molecular flexibility index (Phi) is 8.89. The minimum atomic E-state index is -0.839. The number of rotatable bonds is 4. The molecular weight excluding hydrogens is 544 g/mol. The van der Waals surface area contributed by atoms with Crippen molar-refractivity contribution in [3.8, 4) is 0 Å². The van der Waals surface area contributed by atoms with Gasteiger partial charge >= 0.3 is 11.7 Å². The number of hydrogen-bond donors (Lipinski definition) is 2. The maximum atomic E-state index is 14.1. The number of aromatic amines is 1. The van der Waals surface area contributed by atoms with Gasteiger partial charge in [0.05, 0.1) is 17.8 Å². The van der Waals surface area contributed by atoms with Gasteiger partial charge in [0.15, 0.2) is 17.3 Å². The quantitative estimate of drug-likeness (QED) is 0.377. The molecule has 3 amide bonds. The number of hydrogen-bond acceptors (Lipinski definition) is 5. The molecule has 4 aromatic rings. The molecule has 2 aliphatic heterocycles. The summed E-state index contributed by atoms with van der Waals surface area (Å²) in [5.41, 5.74) is 7.66. The van der Waals surface area contributed by atoms with Gasteiger partial charge in [0.2, 0.25) is 5.91 Å². The first kappa shape index (κ1) is 28.9. The molecule has 0 aliphatic carbocycles. The second kappa shape index (κ2) is 12.9. The van der Waals surface area contributed by atoms with Crippen LogP contribution in [0.3, 0.4) is 0 Å². The number of nitrogens with two attached hydrogens (primary N) is 1. The summed E-state index contributed by atoms with van der Waals surface area (Å²) in [5.74, 6) is -1.80. The number of amides is 3. The molecular formula is C30H33F2N7O3. The fourth-order valence-electron chi connectivity index (χ4n) is 5.71. The van der Waals surface area contributed by atoms with E-state index in [-0.39, 0.29) is 23.6 Å². The highest BCUT2D eigenvalue weighted by atomic mass is 19.2. The van der Waals surface area contributed by atoms with Gasteiger partial charge < -0.3 is 15.5 Å². The van der Waals surface area contributed by atoms with Gasteiger partial charge in [-0.05, 0) is 61.6 Å². The average Bonchev–Trinajstić information content (AvgIpc) is 3.23. The lowest BCUT2D eigenvalue weighted by Crippen LogP contribution is -2.43. The maximum absolute atomic E-state index is 14.1. The van der Waals surface area contributed by atoms with Gasteiger partial charge in [-0.15, -0.1) is 0 Å². The van der Waals surface area contributed by atoms with Crippen molar-refractivity contribution < 1.29 is 18.4 Å². The van der Waals surface area contributed by atoms with Gasteiger partial charge in [0.25, 0.3) is 0 Å². The topological polar surface area (TPSA) is 130 Å². The Morgan fingerprint density at radius 3 is 2.50 bits per heavy atom. The van der Waals surface area contributed by atoms with E-state index in [1.807, 2.05) is 30.3 Å². The first-order valence-electron chi connectivity index (χ1n) is 14.0. The first-order valence-corrected chi connectivity index (χ1v) is 14.0. The van der Waals surface area contributed by atoms with Crippen LogP contribution in [0.5, 0.6) is 0 Å². The van der Waals surface area contributed by atoms with Crippen molar-refractivity contribution in [2.75, 3.05) is 19.6 Å². The van der Waals surface area contributed by atoms with E-state index in [9.17, 15) is 23.2 Å². The summed E-state index contributed by atoms with van der Waals surface area (Å²) < 4.78 is 29.3. The summed E-state index contributed by atoms with van der Waals surface area (Å²) in [7, 11) is 0.